The standard InChI is InChI=1S/C18H24N4O3/c1-17(2,3)25-16(24)21-13-7-8-14(19-10-13)15(23)18(4,5)12-9-20-22(6)11-12/h7-11H,1-6H3,(H,21,24)/i6D3. The third-order valence-electron chi connectivity index (χ3n) is 3.51. The zero-order valence-electron chi connectivity index (χ0n) is 18.0. The summed E-state index contributed by atoms with van der Waals surface area (Å²) >= 11 is 0. The van der Waals surface area contributed by atoms with E-state index in [2.05, 4.69) is 15.4 Å². The van der Waals surface area contributed by atoms with Gasteiger partial charge in [0, 0.05) is 22.8 Å². The van der Waals surface area contributed by atoms with Gasteiger partial charge in [0.2, 0.25) is 0 Å². The van der Waals surface area contributed by atoms with Crippen molar-refractivity contribution in [1.29, 1.82) is 0 Å². The fourth-order valence-electron chi connectivity index (χ4n) is 2.12. The lowest BCUT2D eigenvalue weighted by Crippen LogP contribution is -2.29. The summed E-state index contributed by atoms with van der Waals surface area (Å²) in [6.45, 7) is 6.19. The second kappa shape index (κ2) is 6.66. The number of rotatable bonds is 4. The Bertz CT molecular complexity index is 865. The second-order valence-corrected chi connectivity index (χ2v) is 7.19. The largest absolute Gasteiger partial charge is 0.444 e. The maximum absolute atomic E-state index is 12.9. The van der Waals surface area contributed by atoms with Gasteiger partial charge in [0.1, 0.15) is 11.3 Å². The fraction of sp³-hybridized carbons (Fsp3) is 0.444. The molecular weight excluding hydrogens is 320 g/mol. The first-order valence-electron chi connectivity index (χ1n) is 9.27. The van der Waals surface area contributed by atoms with Crippen LogP contribution in [0.4, 0.5) is 10.5 Å². The highest BCUT2D eigenvalue weighted by Crippen LogP contribution is 2.27. The molecule has 2 aromatic rings. The lowest BCUT2D eigenvalue weighted by Gasteiger charge is -2.21. The number of hydrogen-bond acceptors (Lipinski definition) is 5. The quantitative estimate of drug-likeness (QED) is 0.857. The molecule has 2 heterocycles. The van der Waals surface area contributed by atoms with Crippen molar-refractivity contribution in [1.82, 2.24) is 14.8 Å². The van der Waals surface area contributed by atoms with E-state index >= 15 is 0 Å². The number of carbonyl (C=O) groups is 2. The average Bonchev–Trinajstić information content (AvgIpc) is 3.04. The predicted octanol–water partition coefficient (Wildman–Crippen LogP) is 3.32. The van der Waals surface area contributed by atoms with Gasteiger partial charge in [0.05, 0.1) is 23.5 Å². The number of amides is 1. The van der Waals surface area contributed by atoms with Gasteiger partial charge in [-0.1, -0.05) is 0 Å². The highest BCUT2D eigenvalue weighted by atomic mass is 16.6. The molecule has 1 amide bonds. The van der Waals surface area contributed by atoms with E-state index in [-0.39, 0.29) is 11.5 Å². The van der Waals surface area contributed by atoms with E-state index in [0.29, 0.717) is 11.3 Å². The highest BCUT2D eigenvalue weighted by molar-refractivity contribution is 6.02. The molecule has 7 nitrogen and oxygen atoms in total. The molecule has 0 spiro atoms. The number of aromatic nitrogens is 3. The van der Waals surface area contributed by atoms with Gasteiger partial charge in [-0.2, -0.15) is 5.10 Å². The number of carbonyl (C=O) groups excluding carboxylic acids is 2. The minimum Gasteiger partial charge on any atom is -0.444 e. The molecule has 0 fully saturated rings. The zero-order chi connectivity index (χ0) is 21.3. The van der Waals surface area contributed by atoms with Crippen LogP contribution in [0, 0.1) is 0 Å². The first-order valence-corrected chi connectivity index (χ1v) is 7.77. The van der Waals surface area contributed by atoms with Gasteiger partial charge >= 0.3 is 6.09 Å². The monoisotopic (exact) mass is 347 g/mol. The van der Waals surface area contributed by atoms with Crippen LogP contribution in [-0.4, -0.2) is 32.2 Å². The first kappa shape index (κ1) is 14.6. The topological polar surface area (TPSA) is 86.1 Å². The second-order valence-electron chi connectivity index (χ2n) is 7.19. The Morgan fingerprint density at radius 3 is 2.44 bits per heavy atom. The molecular formula is C18H24N4O3. The molecule has 0 bridgehead atoms. The Hall–Kier alpha value is -2.70. The van der Waals surface area contributed by atoms with Crippen LogP contribution in [0.2, 0.25) is 0 Å². The van der Waals surface area contributed by atoms with E-state index < -0.39 is 24.1 Å². The summed E-state index contributed by atoms with van der Waals surface area (Å²) < 4.78 is 28.2. The summed E-state index contributed by atoms with van der Waals surface area (Å²) in [7, 11) is 0. The van der Waals surface area contributed by atoms with Crippen LogP contribution in [0.5, 0.6) is 0 Å². The third kappa shape index (κ3) is 4.65. The van der Waals surface area contributed by atoms with Crippen LogP contribution in [0.3, 0.4) is 0 Å². The number of ether oxygens (including phenoxy) is 1. The number of nitrogens with one attached hydrogen (secondary N) is 1. The van der Waals surface area contributed by atoms with E-state index in [0.717, 1.165) is 4.68 Å². The molecule has 2 aromatic heterocycles. The Balaban J connectivity index is 2.15. The van der Waals surface area contributed by atoms with Crippen LogP contribution in [0.15, 0.2) is 30.7 Å². The van der Waals surface area contributed by atoms with E-state index in [1.807, 2.05) is 0 Å². The minimum atomic E-state index is -2.41. The molecule has 2 rings (SSSR count). The van der Waals surface area contributed by atoms with Crippen molar-refractivity contribution in [3.8, 4) is 0 Å². The maximum atomic E-state index is 12.9. The van der Waals surface area contributed by atoms with Gasteiger partial charge in [-0.3, -0.25) is 19.8 Å². The van der Waals surface area contributed by atoms with Crippen molar-refractivity contribution in [3.63, 3.8) is 0 Å². The number of ketones is 1. The van der Waals surface area contributed by atoms with Crippen LogP contribution in [0.1, 0.15) is 54.8 Å². The Labute approximate surface area is 151 Å². The summed E-state index contributed by atoms with van der Waals surface area (Å²) in [5, 5.41) is 6.37. The number of Topliss-reactive ketones (excluding diaryl/α,β-unsaturated/α-hetero) is 1. The van der Waals surface area contributed by atoms with Gasteiger partial charge in [-0.15, -0.1) is 0 Å². The molecule has 0 radical (unpaired) electrons. The molecule has 0 aliphatic rings. The summed E-state index contributed by atoms with van der Waals surface area (Å²) in [4.78, 5) is 28.8. The van der Waals surface area contributed by atoms with Crippen LogP contribution in [-0.2, 0) is 17.1 Å². The molecule has 1 N–H and O–H groups in total. The molecule has 0 aliphatic heterocycles. The van der Waals surface area contributed by atoms with Crippen molar-refractivity contribution in [2.45, 2.75) is 45.6 Å². The van der Waals surface area contributed by atoms with Crippen molar-refractivity contribution < 1.29 is 18.4 Å². The number of anilines is 1. The average molecular weight is 347 g/mol. The maximum Gasteiger partial charge on any atom is 0.412 e. The lowest BCUT2D eigenvalue weighted by atomic mass is 9.81. The van der Waals surface area contributed by atoms with Gasteiger partial charge < -0.3 is 4.74 Å². The smallest absolute Gasteiger partial charge is 0.412 e. The summed E-state index contributed by atoms with van der Waals surface area (Å²) in [6, 6.07) is 3.04. The molecule has 134 valence electrons. The third-order valence-corrected chi connectivity index (χ3v) is 3.51. The Morgan fingerprint density at radius 1 is 1.20 bits per heavy atom. The van der Waals surface area contributed by atoms with Gasteiger partial charge in [0.15, 0.2) is 5.78 Å². The van der Waals surface area contributed by atoms with Crippen molar-refractivity contribution >= 4 is 17.6 Å². The zero-order valence-corrected chi connectivity index (χ0v) is 15.0. The summed E-state index contributed by atoms with van der Waals surface area (Å²) in [5.41, 5.74) is -0.626. The normalized spacial score (nSPS) is 14.2. The van der Waals surface area contributed by atoms with E-state index in [1.54, 1.807) is 40.7 Å². The van der Waals surface area contributed by atoms with Crippen molar-refractivity contribution in [2.75, 3.05) is 5.32 Å². The van der Waals surface area contributed by atoms with Crippen LogP contribution < -0.4 is 5.32 Å². The van der Waals surface area contributed by atoms with Crippen molar-refractivity contribution in [3.05, 3.63) is 42.0 Å². The molecule has 0 aliphatic carbocycles. The lowest BCUT2D eigenvalue weighted by molar-refractivity contribution is 0.0635. The fourth-order valence-corrected chi connectivity index (χ4v) is 2.12. The van der Waals surface area contributed by atoms with Crippen molar-refractivity contribution in [2.24, 2.45) is 6.98 Å². The first-order chi connectivity index (χ1) is 12.7. The van der Waals surface area contributed by atoms with Gasteiger partial charge in [-0.05, 0) is 46.8 Å². The molecule has 0 unspecified atom stereocenters. The summed E-state index contributed by atoms with van der Waals surface area (Å²) in [5.74, 6) is -0.304. The molecule has 0 aromatic carbocycles. The minimum absolute atomic E-state index is 0.182. The van der Waals surface area contributed by atoms with Crippen LogP contribution in [0.25, 0.3) is 0 Å². The van der Waals surface area contributed by atoms with Gasteiger partial charge in [0.25, 0.3) is 0 Å². The predicted molar refractivity (Wildman–Crippen MR) is 94.7 cm³/mol. The Kier molecular flexibility index (Phi) is 3.90. The number of nitrogens with zero attached hydrogens (tertiary/aromatic N) is 3. The molecule has 0 atom stereocenters. The number of hydrogen-bond donors (Lipinski definition) is 1. The summed E-state index contributed by atoms with van der Waals surface area (Å²) in [6.07, 6.45) is 3.44. The van der Waals surface area contributed by atoms with E-state index in [4.69, 9.17) is 8.85 Å². The van der Waals surface area contributed by atoms with E-state index in [1.165, 1.54) is 24.7 Å². The van der Waals surface area contributed by atoms with E-state index in [9.17, 15) is 9.59 Å². The van der Waals surface area contributed by atoms with Gasteiger partial charge in [-0.25, -0.2) is 4.79 Å². The molecule has 0 saturated carbocycles. The number of pyridine rings is 1. The highest BCUT2D eigenvalue weighted by Gasteiger charge is 2.32. The molecule has 25 heavy (non-hydrogen) atoms. The number of aryl methyl sites for hydroxylation is 1. The Morgan fingerprint density at radius 2 is 1.92 bits per heavy atom. The SMILES string of the molecule is [2H]C([2H])([2H])n1cc(C(C)(C)C(=O)c2ccc(NC(=O)OC(C)(C)C)cn2)cn1. The molecule has 7 heteroatoms. The molecule has 0 saturated heterocycles. The van der Waals surface area contributed by atoms with Crippen LogP contribution >= 0.6 is 0 Å².